The number of hydrogen-bond donors (Lipinski definition) is 0. The lowest BCUT2D eigenvalue weighted by Gasteiger charge is -2.33. The van der Waals surface area contributed by atoms with E-state index in [1.165, 1.54) is 12.1 Å². The predicted octanol–water partition coefficient (Wildman–Crippen LogP) is 4.33. The number of halogens is 4. The second kappa shape index (κ2) is 9.41. The molecule has 1 saturated heterocycles. The predicted molar refractivity (Wildman–Crippen MR) is 125 cm³/mol. The third kappa shape index (κ3) is 4.77. The molecule has 3 aromatic rings. The van der Waals surface area contributed by atoms with Gasteiger partial charge in [-0.3, -0.25) is 4.79 Å². The Morgan fingerprint density at radius 3 is 2.56 bits per heavy atom. The average molecular weight is 532 g/mol. The number of imidazole rings is 1. The van der Waals surface area contributed by atoms with Gasteiger partial charge in [0.1, 0.15) is 17.5 Å². The fraction of sp³-hybridized carbons (Fsp3) is 0.364. The topological polar surface area (TPSA) is 81.5 Å². The van der Waals surface area contributed by atoms with Crippen molar-refractivity contribution in [2.45, 2.75) is 30.9 Å². The Morgan fingerprint density at radius 1 is 1.18 bits per heavy atom. The van der Waals surface area contributed by atoms with E-state index in [-0.39, 0.29) is 38.8 Å². The molecule has 1 aliphatic rings. The van der Waals surface area contributed by atoms with Crippen molar-refractivity contribution < 1.29 is 26.7 Å². The number of sulfone groups is 1. The minimum atomic E-state index is -3.71. The zero-order valence-electron chi connectivity index (χ0n) is 18.3. The van der Waals surface area contributed by atoms with Crippen molar-refractivity contribution in [1.82, 2.24) is 14.5 Å². The molecule has 0 spiro atoms. The number of carbonyl (C=O) groups excluding carboxylic acids is 1. The number of amides is 1. The molecule has 0 aliphatic carbocycles. The van der Waals surface area contributed by atoms with E-state index in [1.54, 1.807) is 16.4 Å². The molecule has 34 heavy (non-hydrogen) atoms. The molecule has 1 aliphatic heterocycles. The van der Waals surface area contributed by atoms with E-state index in [2.05, 4.69) is 4.98 Å². The molecule has 0 bridgehead atoms. The van der Waals surface area contributed by atoms with Crippen molar-refractivity contribution in [3.63, 3.8) is 0 Å². The van der Waals surface area contributed by atoms with Crippen LogP contribution in [-0.2, 0) is 25.9 Å². The van der Waals surface area contributed by atoms with Crippen LogP contribution in [0, 0.1) is 11.6 Å². The van der Waals surface area contributed by atoms with Crippen LogP contribution in [0.4, 0.5) is 8.78 Å². The highest BCUT2D eigenvalue weighted by molar-refractivity contribution is 7.90. The van der Waals surface area contributed by atoms with Gasteiger partial charge in [0.05, 0.1) is 50.8 Å². The number of carbonyl (C=O) groups is 1. The van der Waals surface area contributed by atoms with Crippen LogP contribution in [0.15, 0.2) is 29.2 Å². The molecule has 12 heteroatoms. The van der Waals surface area contributed by atoms with Gasteiger partial charge in [0.25, 0.3) is 0 Å². The highest BCUT2D eigenvalue weighted by Crippen LogP contribution is 2.36. The molecule has 2 aromatic carbocycles. The Hall–Kier alpha value is -2.27. The van der Waals surface area contributed by atoms with Crippen LogP contribution in [0.1, 0.15) is 13.3 Å². The third-order valence-corrected chi connectivity index (χ3v) is 7.32. The molecule has 1 fully saturated rings. The second-order valence-corrected chi connectivity index (χ2v) is 10.9. The average Bonchev–Trinajstić information content (AvgIpc) is 3.09. The van der Waals surface area contributed by atoms with Gasteiger partial charge in [0, 0.05) is 31.8 Å². The van der Waals surface area contributed by atoms with Crippen LogP contribution in [0.2, 0.25) is 10.0 Å². The molecule has 182 valence electrons. The van der Waals surface area contributed by atoms with Gasteiger partial charge in [-0.1, -0.05) is 30.1 Å². The number of benzene rings is 2. The third-order valence-electron chi connectivity index (χ3n) is 5.64. The smallest absolute Gasteiger partial charge is 0.222 e. The molecule has 0 unspecified atom stereocenters. The normalized spacial score (nSPS) is 16.9. The molecule has 1 amide bonds. The summed E-state index contributed by atoms with van der Waals surface area (Å²) in [5.74, 6) is -1.55. The molecule has 0 radical (unpaired) electrons. The second-order valence-electron chi connectivity index (χ2n) is 8.02. The Balaban J connectivity index is 1.85. The maximum absolute atomic E-state index is 15.2. The van der Waals surface area contributed by atoms with Gasteiger partial charge in [-0.25, -0.2) is 22.2 Å². The number of aromatic nitrogens is 2. The van der Waals surface area contributed by atoms with E-state index in [0.717, 1.165) is 18.4 Å². The maximum Gasteiger partial charge on any atom is 0.222 e. The van der Waals surface area contributed by atoms with Crippen LogP contribution < -0.4 is 0 Å². The molecule has 7 nitrogen and oxygen atoms in total. The zero-order chi connectivity index (χ0) is 24.8. The van der Waals surface area contributed by atoms with Gasteiger partial charge >= 0.3 is 0 Å². The fourth-order valence-corrected chi connectivity index (χ4v) is 5.12. The van der Waals surface area contributed by atoms with Crippen LogP contribution in [0.25, 0.3) is 22.4 Å². The molecule has 0 saturated carbocycles. The van der Waals surface area contributed by atoms with Gasteiger partial charge < -0.3 is 14.2 Å². The number of morpholine rings is 1. The number of rotatable bonds is 5. The summed E-state index contributed by atoms with van der Waals surface area (Å²) in [6, 6.07) is 4.51. The van der Waals surface area contributed by atoms with Gasteiger partial charge in [-0.15, -0.1) is 0 Å². The minimum absolute atomic E-state index is 0.0210. The molecule has 1 atom stereocenters. The van der Waals surface area contributed by atoms with Crippen molar-refractivity contribution in [2.75, 3.05) is 26.0 Å². The maximum atomic E-state index is 15.2. The zero-order valence-corrected chi connectivity index (χ0v) is 20.6. The summed E-state index contributed by atoms with van der Waals surface area (Å²) in [5.41, 5.74) is 0.475. The first kappa shape index (κ1) is 24.8. The van der Waals surface area contributed by atoms with E-state index < -0.39 is 27.6 Å². The highest BCUT2D eigenvalue weighted by atomic mass is 35.5. The van der Waals surface area contributed by atoms with E-state index in [4.69, 9.17) is 27.9 Å². The molecule has 4 rings (SSSR count). The van der Waals surface area contributed by atoms with Gasteiger partial charge in [-0.2, -0.15) is 0 Å². The monoisotopic (exact) mass is 531 g/mol. The van der Waals surface area contributed by atoms with Gasteiger partial charge in [0.15, 0.2) is 9.84 Å². The summed E-state index contributed by atoms with van der Waals surface area (Å²) < 4.78 is 60.7. The van der Waals surface area contributed by atoms with Crippen LogP contribution in [0.5, 0.6) is 0 Å². The van der Waals surface area contributed by atoms with Crippen molar-refractivity contribution in [2.24, 2.45) is 0 Å². The summed E-state index contributed by atoms with van der Waals surface area (Å²) in [7, 11) is -3.71. The molecular weight excluding hydrogens is 511 g/mol. The van der Waals surface area contributed by atoms with E-state index >= 15 is 4.39 Å². The molecule has 1 aromatic heterocycles. The van der Waals surface area contributed by atoms with Crippen molar-refractivity contribution in [3.8, 4) is 11.4 Å². The lowest BCUT2D eigenvalue weighted by molar-refractivity contribution is -0.138. The first-order chi connectivity index (χ1) is 16.0. The first-order valence-electron chi connectivity index (χ1n) is 10.4. The van der Waals surface area contributed by atoms with Gasteiger partial charge in [-0.05, 0) is 18.2 Å². The Bertz CT molecular complexity index is 1370. The largest absolute Gasteiger partial charge is 0.373 e. The van der Waals surface area contributed by atoms with Crippen LogP contribution >= 0.6 is 23.2 Å². The van der Waals surface area contributed by atoms with E-state index in [0.29, 0.717) is 37.2 Å². The Kier molecular flexibility index (Phi) is 6.87. The minimum Gasteiger partial charge on any atom is -0.373 e. The van der Waals surface area contributed by atoms with E-state index in [9.17, 15) is 17.6 Å². The van der Waals surface area contributed by atoms with Crippen molar-refractivity contribution >= 4 is 50.0 Å². The standard InChI is InChI=1S/C22H21Cl2F2N3O4S/c1-3-20(30)28-4-5-33-12(10-28)11-29-19-9-16(25)14(23)8-18(19)27-22(29)21-15(24)6-13(7-17(21)26)34(2,31)32/h6-9,12H,3-5,10-11H2,1-2H3/t12-/m1/s1. The van der Waals surface area contributed by atoms with Crippen LogP contribution in [-0.4, -0.2) is 60.8 Å². The summed E-state index contributed by atoms with van der Waals surface area (Å²) in [6.45, 7) is 2.95. The highest BCUT2D eigenvalue weighted by Gasteiger charge is 2.28. The lowest BCUT2D eigenvalue weighted by atomic mass is 10.2. The Labute approximate surface area is 205 Å². The fourth-order valence-electron chi connectivity index (χ4n) is 3.96. The SMILES string of the molecule is CCC(=O)N1CCO[C@@H](Cn2c(-c3c(F)cc(S(C)(=O)=O)cc3Cl)nc3cc(Cl)c(F)cc32)C1. The number of ether oxygens (including phenoxy) is 1. The summed E-state index contributed by atoms with van der Waals surface area (Å²) in [4.78, 5) is 18.0. The Morgan fingerprint density at radius 2 is 1.91 bits per heavy atom. The van der Waals surface area contributed by atoms with Crippen LogP contribution in [0.3, 0.4) is 0 Å². The van der Waals surface area contributed by atoms with Crippen molar-refractivity contribution in [1.29, 1.82) is 0 Å². The molecule has 2 heterocycles. The lowest BCUT2D eigenvalue weighted by Crippen LogP contribution is -2.46. The first-order valence-corrected chi connectivity index (χ1v) is 13.1. The van der Waals surface area contributed by atoms with Crippen molar-refractivity contribution in [3.05, 3.63) is 45.9 Å². The summed E-state index contributed by atoms with van der Waals surface area (Å²) >= 11 is 12.3. The van der Waals surface area contributed by atoms with E-state index in [1.807, 2.05) is 0 Å². The number of fused-ring (bicyclic) bond motifs is 1. The quantitative estimate of drug-likeness (QED) is 0.489. The summed E-state index contributed by atoms with van der Waals surface area (Å²) in [6.07, 6.45) is 0.821. The number of hydrogen-bond acceptors (Lipinski definition) is 5. The molecule has 0 N–H and O–H groups in total. The molecular formula is C22H21Cl2F2N3O4S. The number of nitrogens with zero attached hydrogens (tertiary/aromatic N) is 3. The van der Waals surface area contributed by atoms with Gasteiger partial charge in [0.2, 0.25) is 5.91 Å². The summed E-state index contributed by atoms with van der Waals surface area (Å²) in [5, 5.41) is -0.327.